The van der Waals surface area contributed by atoms with Crippen LogP contribution in [0.1, 0.15) is 17.5 Å². The fourth-order valence-electron chi connectivity index (χ4n) is 5.23. The van der Waals surface area contributed by atoms with E-state index >= 15 is 0 Å². The maximum Gasteiger partial charge on any atom is 0.231 e. The van der Waals surface area contributed by atoms with E-state index in [1.54, 1.807) is 14.2 Å². The van der Waals surface area contributed by atoms with Gasteiger partial charge in [-0.15, -0.1) is 0 Å². The summed E-state index contributed by atoms with van der Waals surface area (Å²) in [5.41, 5.74) is 4.93. The molecular weight excluding hydrogens is 478 g/mol. The number of methoxy groups -OCH3 is 2. The van der Waals surface area contributed by atoms with E-state index in [9.17, 15) is 0 Å². The zero-order valence-electron chi connectivity index (χ0n) is 20.3. The first-order chi connectivity index (χ1) is 17.7. The predicted octanol–water partition coefficient (Wildman–Crippen LogP) is 5.76. The number of halogens is 1. The van der Waals surface area contributed by atoms with Crippen LogP contribution in [0.5, 0.6) is 28.7 Å². The minimum atomic E-state index is 0.266. The molecule has 0 fully saturated rings. The Morgan fingerprint density at radius 2 is 1.75 bits per heavy atom. The minimum Gasteiger partial charge on any atom is -0.494 e. The number of aryl methyl sites for hydroxylation is 3. The molecule has 0 amide bonds. The highest BCUT2D eigenvalue weighted by molar-refractivity contribution is 6.30. The van der Waals surface area contributed by atoms with Crippen LogP contribution < -0.4 is 28.3 Å². The van der Waals surface area contributed by atoms with E-state index in [1.807, 2.05) is 30.3 Å². The summed E-state index contributed by atoms with van der Waals surface area (Å²) >= 11 is 6.00. The van der Waals surface area contributed by atoms with E-state index < -0.39 is 0 Å². The fraction of sp³-hybridized carbons (Fsp3) is 0.276. The van der Waals surface area contributed by atoms with Crippen molar-refractivity contribution in [3.05, 3.63) is 70.9 Å². The van der Waals surface area contributed by atoms with Crippen LogP contribution >= 0.6 is 11.6 Å². The highest BCUT2D eigenvalue weighted by Gasteiger charge is 2.32. The van der Waals surface area contributed by atoms with Crippen LogP contribution in [0.15, 0.2) is 54.7 Å². The highest BCUT2D eigenvalue weighted by Crippen LogP contribution is 2.43. The lowest BCUT2D eigenvalue weighted by molar-refractivity contribution is -0.686. The van der Waals surface area contributed by atoms with E-state index in [-0.39, 0.29) is 6.79 Å². The largest absolute Gasteiger partial charge is 0.494 e. The SMILES string of the molecule is COc1ccc2c(CCCOc3ccc(Cl)cc3)c3[n+](cc2c1OC)CCc1cc2c(cc1-3)OCO2. The average molecular weight is 505 g/mol. The summed E-state index contributed by atoms with van der Waals surface area (Å²) in [5.74, 6) is 3.92. The van der Waals surface area contributed by atoms with Crippen molar-refractivity contribution in [2.24, 2.45) is 0 Å². The van der Waals surface area contributed by atoms with E-state index in [0.717, 1.165) is 65.3 Å². The first-order valence-electron chi connectivity index (χ1n) is 12.1. The van der Waals surface area contributed by atoms with Gasteiger partial charge in [-0.1, -0.05) is 11.6 Å². The smallest absolute Gasteiger partial charge is 0.231 e. The number of ether oxygens (including phenoxy) is 5. The van der Waals surface area contributed by atoms with Gasteiger partial charge in [-0.2, -0.15) is 4.57 Å². The van der Waals surface area contributed by atoms with E-state index in [4.69, 9.17) is 35.3 Å². The molecule has 0 saturated carbocycles. The number of fused-ring (bicyclic) bond motifs is 5. The van der Waals surface area contributed by atoms with Gasteiger partial charge in [-0.05, 0) is 66.9 Å². The Balaban J connectivity index is 1.43. The van der Waals surface area contributed by atoms with Crippen LogP contribution in [0.2, 0.25) is 5.02 Å². The second kappa shape index (κ2) is 9.43. The Morgan fingerprint density at radius 3 is 2.53 bits per heavy atom. The zero-order valence-corrected chi connectivity index (χ0v) is 21.1. The van der Waals surface area contributed by atoms with Crippen molar-refractivity contribution in [2.45, 2.75) is 25.8 Å². The van der Waals surface area contributed by atoms with Gasteiger partial charge in [0.1, 0.15) is 5.75 Å². The lowest BCUT2D eigenvalue weighted by Gasteiger charge is -2.21. The minimum absolute atomic E-state index is 0.266. The molecule has 2 aliphatic rings. The van der Waals surface area contributed by atoms with Gasteiger partial charge in [0.15, 0.2) is 35.7 Å². The summed E-state index contributed by atoms with van der Waals surface area (Å²) in [6, 6.07) is 15.9. The number of hydrogen-bond acceptors (Lipinski definition) is 5. The summed E-state index contributed by atoms with van der Waals surface area (Å²) < 4.78 is 31.1. The maximum absolute atomic E-state index is 6.00. The average Bonchev–Trinajstić information content (AvgIpc) is 3.36. The molecule has 4 aromatic rings. The molecule has 0 bridgehead atoms. The molecule has 1 aromatic heterocycles. The normalized spacial score (nSPS) is 13.3. The monoisotopic (exact) mass is 504 g/mol. The number of benzene rings is 3. The van der Waals surface area contributed by atoms with Gasteiger partial charge >= 0.3 is 0 Å². The number of rotatable bonds is 7. The summed E-state index contributed by atoms with van der Waals surface area (Å²) in [6.45, 7) is 1.73. The summed E-state index contributed by atoms with van der Waals surface area (Å²) in [5, 5.41) is 2.89. The van der Waals surface area contributed by atoms with Crippen molar-refractivity contribution in [1.29, 1.82) is 0 Å². The molecule has 6 nitrogen and oxygen atoms in total. The lowest BCUT2D eigenvalue weighted by atomic mass is 9.89. The molecule has 3 aromatic carbocycles. The second-order valence-corrected chi connectivity index (χ2v) is 9.37. The predicted molar refractivity (Wildman–Crippen MR) is 138 cm³/mol. The molecule has 6 rings (SSSR count). The number of hydrogen-bond donors (Lipinski definition) is 0. The van der Waals surface area contributed by atoms with Crippen molar-refractivity contribution in [2.75, 3.05) is 27.6 Å². The van der Waals surface area contributed by atoms with Crippen molar-refractivity contribution >= 4 is 22.4 Å². The molecular formula is C29H27ClNO5+. The van der Waals surface area contributed by atoms with Gasteiger partial charge in [0, 0.05) is 22.4 Å². The summed E-state index contributed by atoms with van der Waals surface area (Å²) in [4.78, 5) is 0. The van der Waals surface area contributed by atoms with Gasteiger partial charge < -0.3 is 23.7 Å². The lowest BCUT2D eigenvalue weighted by Crippen LogP contribution is -2.41. The van der Waals surface area contributed by atoms with Crippen molar-refractivity contribution in [3.8, 4) is 40.0 Å². The van der Waals surface area contributed by atoms with Gasteiger partial charge in [0.2, 0.25) is 12.5 Å². The topological polar surface area (TPSA) is 50.0 Å². The molecule has 7 heteroatoms. The van der Waals surface area contributed by atoms with Crippen molar-refractivity contribution in [3.63, 3.8) is 0 Å². The molecule has 0 radical (unpaired) electrons. The third-order valence-electron chi connectivity index (χ3n) is 6.90. The Bertz CT molecular complexity index is 1450. The van der Waals surface area contributed by atoms with Crippen LogP contribution in [0.25, 0.3) is 22.0 Å². The Kier molecular flexibility index (Phi) is 5.97. The maximum atomic E-state index is 6.00. The summed E-state index contributed by atoms with van der Waals surface area (Å²) in [7, 11) is 3.36. The molecule has 0 N–H and O–H groups in total. The molecule has 3 heterocycles. The van der Waals surface area contributed by atoms with Crippen molar-refractivity contribution < 1.29 is 28.3 Å². The molecule has 0 spiro atoms. The first-order valence-corrected chi connectivity index (χ1v) is 12.5. The quantitative estimate of drug-likeness (QED) is 0.236. The Morgan fingerprint density at radius 1 is 0.944 bits per heavy atom. The van der Waals surface area contributed by atoms with Crippen LogP contribution in [0, 0.1) is 0 Å². The van der Waals surface area contributed by atoms with E-state index in [1.165, 1.54) is 22.4 Å². The molecule has 0 saturated heterocycles. The number of nitrogens with zero attached hydrogens (tertiary/aromatic N) is 1. The van der Waals surface area contributed by atoms with Crippen LogP contribution in [-0.4, -0.2) is 27.6 Å². The van der Waals surface area contributed by atoms with Crippen LogP contribution in [0.3, 0.4) is 0 Å². The van der Waals surface area contributed by atoms with Gasteiger partial charge in [0.05, 0.1) is 31.8 Å². The van der Waals surface area contributed by atoms with Crippen LogP contribution in [0.4, 0.5) is 0 Å². The number of pyridine rings is 1. The molecule has 0 aliphatic carbocycles. The summed E-state index contributed by atoms with van der Waals surface area (Å²) in [6.07, 6.45) is 4.79. The second-order valence-electron chi connectivity index (χ2n) is 8.93. The van der Waals surface area contributed by atoms with E-state index in [2.05, 4.69) is 29.0 Å². The molecule has 184 valence electrons. The first kappa shape index (κ1) is 22.8. The Labute approximate surface area is 214 Å². The third-order valence-corrected chi connectivity index (χ3v) is 7.15. The molecule has 2 aliphatic heterocycles. The van der Waals surface area contributed by atoms with Gasteiger partial charge in [-0.3, -0.25) is 0 Å². The Hall–Kier alpha value is -3.64. The third kappa shape index (κ3) is 3.95. The fourth-order valence-corrected chi connectivity index (χ4v) is 5.36. The highest BCUT2D eigenvalue weighted by atomic mass is 35.5. The van der Waals surface area contributed by atoms with Crippen LogP contribution in [-0.2, 0) is 19.4 Å². The van der Waals surface area contributed by atoms with Crippen molar-refractivity contribution in [1.82, 2.24) is 0 Å². The number of aromatic nitrogens is 1. The van der Waals surface area contributed by atoms with Gasteiger partial charge in [0.25, 0.3) is 0 Å². The molecule has 0 unspecified atom stereocenters. The van der Waals surface area contributed by atoms with Gasteiger partial charge in [-0.25, -0.2) is 0 Å². The molecule has 0 atom stereocenters. The van der Waals surface area contributed by atoms with E-state index in [0.29, 0.717) is 11.6 Å². The zero-order chi connectivity index (χ0) is 24.6. The molecule has 36 heavy (non-hydrogen) atoms. The standard InChI is InChI=1S/C29H27ClNO5/c1-32-25-10-9-21-22(4-3-13-34-20-7-5-19(30)6-8-20)28-23-15-27-26(35-17-36-27)14-18(23)11-12-31(28)16-24(21)29(25)33-2/h5-10,14-16H,3-4,11-13,17H2,1-2H3/q+1.